The maximum absolute atomic E-state index is 8.60. The van der Waals surface area contributed by atoms with Crippen molar-refractivity contribution in [2.75, 3.05) is 6.54 Å². The predicted octanol–water partition coefficient (Wildman–Crippen LogP) is 1.88. The Hall–Kier alpha value is -2.12. The number of nitrogens with one attached hydrogen (secondary N) is 1. The van der Waals surface area contributed by atoms with Gasteiger partial charge in [0.2, 0.25) is 5.76 Å². The van der Waals surface area contributed by atoms with Crippen LogP contribution in [0, 0.1) is 11.3 Å². The van der Waals surface area contributed by atoms with E-state index in [4.69, 9.17) is 9.68 Å². The van der Waals surface area contributed by atoms with Crippen LogP contribution in [0.3, 0.4) is 0 Å². The smallest absolute Gasteiger partial charge is 0.203 e. The molecule has 0 aliphatic heterocycles. The molecule has 0 atom stereocenters. The highest BCUT2D eigenvalue weighted by atomic mass is 16.3. The first-order valence-electron chi connectivity index (χ1n) is 5.48. The molecule has 0 fully saturated rings. The minimum atomic E-state index is 0.353. The molecule has 0 aromatic carbocycles. The standard InChI is InChI=1S/C13H13N3O/c14-9-12-4-5-13(17-12)10-15-8-6-11-3-1-2-7-16-11/h1-5,7,15H,6,8,10H2. The summed E-state index contributed by atoms with van der Waals surface area (Å²) in [6.07, 6.45) is 2.67. The van der Waals surface area contributed by atoms with Gasteiger partial charge in [-0.25, -0.2) is 0 Å². The van der Waals surface area contributed by atoms with E-state index < -0.39 is 0 Å². The molecule has 86 valence electrons. The van der Waals surface area contributed by atoms with E-state index in [-0.39, 0.29) is 0 Å². The normalized spacial score (nSPS) is 10.1. The molecule has 0 amide bonds. The fourth-order valence-electron chi connectivity index (χ4n) is 1.51. The molecule has 0 saturated heterocycles. The zero-order chi connectivity index (χ0) is 11.9. The summed E-state index contributed by atoms with van der Waals surface area (Å²) in [6.45, 7) is 1.47. The summed E-state index contributed by atoms with van der Waals surface area (Å²) >= 11 is 0. The molecule has 2 rings (SSSR count). The first-order valence-corrected chi connectivity index (χ1v) is 5.48. The Morgan fingerprint density at radius 1 is 1.29 bits per heavy atom. The zero-order valence-corrected chi connectivity index (χ0v) is 9.39. The molecule has 4 heteroatoms. The number of hydrogen-bond acceptors (Lipinski definition) is 4. The van der Waals surface area contributed by atoms with Crippen LogP contribution in [0.5, 0.6) is 0 Å². The predicted molar refractivity (Wildman–Crippen MR) is 63.1 cm³/mol. The largest absolute Gasteiger partial charge is 0.449 e. The number of rotatable bonds is 5. The monoisotopic (exact) mass is 227 g/mol. The average molecular weight is 227 g/mol. The molecule has 2 aromatic rings. The Labute approximate surface area is 99.9 Å². The van der Waals surface area contributed by atoms with Crippen molar-refractivity contribution in [1.82, 2.24) is 10.3 Å². The summed E-state index contributed by atoms with van der Waals surface area (Å²) in [5, 5.41) is 11.8. The second-order valence-corrected chi connectivity index (χ2v) is 3.63. The van der Waals surface area contributed by atoms with Crippen LogP contribution in [0.15, 0.2) is 40.9 Å². The van der Waals surface area contributed by atoms with E-state index in [1.807, 2.05) is 30.3 Å². The van der Waals surface area contributed by atoms with E-state index >= 15 is 0 Å². The zero-order valence-electron chi connectivity index (χ0n) is 9.39. The minimum absolute atomic E-state index is 0.353. The van der Waals surface area contributed by atoms with E-state index in [2.05, 4.69) is 10.3 Å². The van der Waals surface area contributed by atoms with E-state index in [1.54, 1.807) is 12.3 Å². The summed E-state index contributed by atoms with van der Waals surface area (Å²) in [6, 6.07) is 11.3. The molecule has 0 spiro atoms. The van der Waals surface area contributed by atoms with Crippen LogP contribution in [0.25, 0.3) is 0 Å². The van der Waals surface area contributed by atoms with Crippen molar-refractivity contribution in [2.45, 2.75) is 13.0 Å². The number of aromatic nitrogens is 1. The van der Waals surface area contributed by atoms with Crippen LogP contribution in [0.2, 0.25) is 0 Å². The molecule has 17 heavy (non-hydrogen) atoms. The van der Waals surface area contributed by atoms with Crippen LogP contribution >= 0.6 is 0 Å². The quantitative estimate of drug-likeness (QED) is 0.792. The lowest BCUT2D eigenvalue weighted by Gasteiger charge is -2.01. The molecule has 0 saturated carbocycles. The highest BCUT2D eigenvalue weighted by molar-refractivity contribution is 5.18. The molecule has 4 nitrogen and oxygen atoms in total. The van der Waals surface area contributed by atoms with E-state index in [0.717, 1.165) is 24.4 Å². The Morgan fingerprint density at radius 2 is 2.24 bits per heavy atom. The molecular formula is C13H13N3O. The van der Waals surface area contributed by atoms with Crippen LogP contribution in [-0.2, 0) is 13.0 Å². The van der Waals surface area contributed by atoms with Gasteiger partial charge in [-0.15, -0.1) is 0 Å². The second kappa shape index (κ2) is 5.83. The van der Waals surface area contributed by atoms with Crippen LogP contribution in [-0.4, -0.2) is 11.5 Å². The van der Waals surface area contributed by atoms with E-state index in [1.165, 1.54) is 0 Å². The molecule has 1 N–H and O–H groups in total. The molecule has 2 aromatic heterocycles. The van der Waals surface area contributed by atoms with Crippen molar-refractivity contribution in [3.05, 3.63) is 53.7 Å². The van der Waals surface area contributed by atoms with Gasteiger partial charge in [-0.2, -0.15) is 5.26 Å². The Morgan fingerprint density at radius 3 is 2.94 bits per heavy atom. The SMILES string of the molecule is N#Cc1ccc(CNCCc2ccccn2)o1. The van der Waals surface area contributed by atoms with Gasteiger partial charge in [-0.1, -0.05) is 6.07 Å². The van der Waals surface area contributed by atoms with E-state index in [9.17, 15) is 0 Å². The van der Waals surface area contributed by atoms with Gasteiger partial charge in [0, 0.05) is 24.9 Å². The first kappa shape index (κ1) is 11.4. The second-order valence-electron chi connectivity index (χ2n) is 3.63. The lowest BCUT2D eigenvalue weighted by Crippen LogP contribution is -2.16. The Kier molecular flexibility index (Phi) is 3.90. The van der Waals surface area contributed by atoms with Crippen LogP contribution in [0.1, 0.15) is 17.2 Å². The highest BCUT2D eigenvalue weighted by Crippen LogP contribution is 2.05. The maximum Gasteiger partial charge on any atom is 0.203 e. The maximum atomic E-state index is 8.60. The molecule has 0 bridgehead atoms. The van der Waals surface area contributed by atoms with Crippen LogP contribution in [0.4, 0.5) is 0 Å². The number of pyridine rings is 1. The van der Waals surface area contributed by atoms with Crippen molar-refractivity contribution in [3.8, 4) is 6.07 Å². The van der Waals surface area contributed by atoms with Crippen LogP contribution < -0.4 is 5.32 Å². The number of hydrogen-bond donors (Lipinski definition) is 1. The molecular weight excluding hydrogens is 214 g/mol. The minimum Gasteiger partial charge on any atom is -0.449 e. The first-order chi connectivity index (χ1) is 8.38. The number of nitrogens with zero attached hydrogens (tertiary/aromatic N) is 2. The van der Waals surface area contributed by atoms with Gasteiger partial charge in [0.15, 0.2) is 0 Å². The van der Waals surface area contributed by atoms with Gasteiger partial charge in [0.1, 0.15) is 11.8 Å². The van der Waals surface area contributed by atoms with Gasteiger partial charge in [0.25, 0.3) is 0 Å². The molecule has 0 radical (unpaired) electrons. The van der Waals surface area contributed by atoms with Gasteiger partial charge in [0.05, 0.1) is 6.54 Å². The average Bonchev–Trinajstić information content (AvgIpc) is 2.84. The molecule has 0 aliphatic rings. The summed E-state index contributed by atoms with van der Waals surface area (Å²) in [7, 11) is 0. The van der Waals surface area contributed by atoms with Gasteiger partial charge in [-0.05, 0) is 24.3 Å². The fourth-order valence-corrected chi connectivity index (χ4v) is 1.51. The van der Waals surface area contributed by atoms with Gasteiger partial charge in [-0.3, -0.25) is 4.98 Å². The number of nitriles is 1. The third kappa shape index (κ3) is 3.44. The van der Waals surface area contributed by atoms with Crippen molar-refractivity contribution in [1.29, 1.82) is 5.26 Å². The molecule has 0 aliphatic carbocycles. The number of furan rings is 1. The molecule has 0 unspecified atom stereocenters. The summed E-state index contributed by atoms with van der Waals surface area (Å²) in [4.78, 5) is 4.23. The lowest BCUT2D eigenvalue weighted by molar-refractivity contribution is 0.474. The van der Waals surface area contributed by atoms with Crippen molar-refractivity contribution in [2.24, 2.45) is 0 Å². The summed E-state index contributed by atoms with van der Waals surface area (Å²) in [5.74, 6) is 1.13. The summed E-state index contributed by atoms with van der Waals surface area (Å²) < 4.78 is 5.25. The van der Waals surface area contributed by atoms with Gasteiger partial charge < -0.3 is 9.73 Å². The Bertz CT molecular complexity index is 499. The van der Waals surface area contributed by atoms with Gasteiger partial charge >= 0.3 is 0 Å². The van der Waals surface area contributed by atoms with Crippen molar-refractivity contribution >= 4 is 0 Å². The lowest BCUT2D eigenvalue weighted by atomic mass is 10.3. The Balaban J connectivity index is 1.72. The summed E-state index contributed by atoms with van der Waals surface area (Å²) in [5.41, 5.74) is 1.07. The van der Waals surface area contributed by atoms with Crippen molar-refractivity contribution < 1.29 is 4.42 Å². The highest BCUT2D eigenvalue weighted by Gasteiger charge is 2.00. The van der Waals surface area contributed by atoms with Crippen molar-refractivity contribution in [3.63, 3.8) is 0 Å². The molecule has 2 heterocycles. The topological polar surface area (TPSA) is 61.9 Å². The van der Waals surface area contributed by atoms with E-state index in [0.29, 0.717) is 12.3 Å². The third-order valence-corrected chi connectivity index (χ3v) is 2.36. The fraction of sp³-hybridized carbons (Fsp3) is 0.231. The third-order valence-electron chi connectivity index (χ3n) is 2.36.